The molecule has 0 atom stereocenters. The molecule has 0 fully saturated rings. The summed E-state index contributed by atoms with van der Waals surface area (Å²) in [4.78, 5) is 23.2. The number of nitrogens with one attached hydrogen (secondary N) is 1. The van der Waals surface area contributed by atoms with Gasteiger partial charge in [-0.1, -0.05) is 24.3 Å². The fourth-order valence-corrected chi connectivity index (χ4v) is 4.13. The quantitative estimate of drug-likeness (QED) is 0.539. The maximum atomic E-state index is 12.7. The van der Waals surface area contributed by atoms with Crippen molar-refractivity contribution in [2.24, 2.45) is 0 Å². The number of benzene rings is 2. The van der Waals surface area contributed by atoms with Crippen molar-refractivity contribution < 1.29 is 9.53 Å². The van der Waals surface area contributed by atoms with Gasteiger partial charge in [0, 0.05) is 11.9 Å². The Morgan fingerprint density at radius 2 is 2.00 bits per heavy atom. The number of urea groups is 1. The van der Waals surface area contributed by atoms with Crippen molar-refractivity contribution in [2.75, 3.05) is 23.4 Å². The Morgan fingerprint density at radius 3 is 2.90 bits per heavy atom. The summed E-state index contributed by atoms with van der Waals surface area (Å²) in [6.07, 6.45) is 2.56. The van der Waals surface area contributed by atoms with E-state index in [-0.39, 0.29) is 6.03 Å². The minimum Gasteiger partial charge on any atom is -0.488 e. The molecule has 0 unspecified atom stereocenters. The third-order valence-electron chi connectivity index (χ3n) is 4.79. The van der Waals surface area contributed by atoms with Gasteiger partial charge in [0.05, 0.1) is 22.3 Å². The standard InChI is InChI=1S/C22H18N4O2S/c27-22(25-17-4-2-1-3-5-17)26-8-9-28-19-11-16(13-23-21(19)26)10-15-6-7-18-20(12-15)29-14-24-18/h1-7,11-14H,8-10H2,(H,25,27). The van der Waals surface area contributed by atoms with Crippen molar-refractivity contribution in [3.05, 3.63) is 77.4 Å². The second-order valence-electron chi connectivity index (χ2n) is 6.79. The Kier molecular flexibility index (Phi) is 4.57. The van der Waals surface area contributed by atoms with Crippen LogP contribution in [0.1, 0.15) is 11.1 Å². The molecular formula is C22H18N4O2S. The van der Waals surface area contributed by atoms with Crippen molar-refractivity contribution in [1.82, 2.24) is 9.97 Å². The van der Waals surface area contributed by atoms with Crippen LogP contribution in [-0.2, 0) is 6.42 Å². The normalized spacial score (nSPS) is 13.0. The Hall–Kier alpha value is -3.45. The second-order valence-corrected chi connectivity index (χ2v) is 7.68. The van der Waals surface area contributed by atoms with E-state index < -0.39 is 0 Å². The number of fused-ring (bicyclic) bond motifs is 2. The Labute approximate surface area is 171 Å². The number of carbonyl (C=O) groups excluding carboxylic acids is 1. The zero-order valence-corrected chi connectivity index (χ0v) is 16.4. The van der Waals surface area contributed by atoms with E-state index in [4.69, 9.17) is 4.74 Å². The van der Waals surface area contributed by atoms with E-state index in [1.54, 1.807) is 16.2 Å². The first-order valence-electron chi connectivity index (χ1n) is 9.34. The van der Waals surface area contributed by atoms with Crippen LogP contribution in [0.4, 0.5) is 16.3 Å². The summed E-state index contributed by atoms with van der Waals surface area (Å²) in [6, 6.07) is 17.4. The summed E-state index contributed by atoms with van der Waals surface area (Å²) < 4.78 is 6.97. The van der Waals surface area contributed by atoms with Gasteiger partial charge in [0.25, 0.3) is 0 Å². The molecule has 2 aromatic carbocycles. The predicted octanol–water partition coefficient (Wildman–Crippen LogP) is 4.71. The van der Waals surface area contributed by atoms with Gasteiger partial charge in [-0.3, -0.25) is 4.90 Å². The van der Waals surface area contributed by atoms with Crippen LogP contribution in [0, 0.1) is 0 Å². The third-order valence-corrected chi connectivity index (χ3v) is 5.58. The topological polar surface area (TPSA) is 67.4 Å². The number of pyridine rings is 1. The molecule has 0 spiro atoms. The molecule has 0 saturated heterocycles. The summed E-state index contributed by atoms with van der Waals surface area (Å²) in [6.45, 7) is 0.896. The van der Waals surface area contributed by atoms with E-state index in [1.807, 2.05) is 54.2 Å². The SMILES string of the molecule is O=C(Nc1ccccc1)N1CCOc2cc(Cc3ccc4ncsc4c3)cnc21. The lowest BCUT2D eigenvalue weighted by atomic mass is 10.1. The van der Waals surface area contributed by atoms with Crippen molar-refractivity contribution in [1.29, 1.82) is 0 Å². The zero-order valence-electron chi connectivity index (χ0n) is 15.5. The predicted molar refractivity (Wildman–Crippen MR) is 115 cm³/mol. The monoisotopic (exact) mass is 402 g/mol. The lowest BCUT2D eigenvalue weighted by molar-refractivity contribution is 0.249. The molecule has 2 aromatic heterocycles. The number of ether oxygens (including phenoxy) is 1. The lowest BCUT2D eigenvalue weighted by Gasteiger charge is -2.28. The fourth-order valence-electron chi connectivity index (χ4n) is 3.39. The van der Waals surface area contributed by atoms with Gasteiger partial charge in [-0.15, -0.1) is 11.3 Å². The number of amides is 2. The Balaban J connectivity index is 1.36. The number of hydrogen-bond donors (Lipinski definition) is 1. The lowest BCUT2D eigenvalue weighted by Crippen LogP contribution is -2.41. The Bertz CT molecular complexity index is 1180. The summed E-state index contributed by atoms with van der Waals surface area (Å²) >= 11 is 1.64. The second kappa shape index (κ2) is 7.52. The van der Waals surface area contributed by atoms with Crippen molar-refractivity contribution in [3.63, 3.8) is 0 Å². The van der Waals surface area contributed by atoms with Crippen LogP contribution < -0.4 is 15.0 Å². The summed E-state index contributed by atoms with van der Waals surface area (Å²) in [5, 5.41) is 2.91. The van der Waals surface area contributed by atoms with Gasteiger partial charge in [0.1, 0.15) is 6.61 Å². The first-order valence-corrected chi connectivity index (χ1v) is 10.2. The molecule has 0 radical (unpaired) electrons. The van der Waals surface area contributed by atoms with Gasteiger partial charge in [-0.05, 0) is 47.9 Å². The van der Waals surface area contributed by atoms with E-state index in [1.165, 1.54) is 10.3 Å². The summed E-state index contributed by atoms with van der Waals surface area (Å²) in [7, 11) is 0. The number of thiazole rings is 1. The molecule has 7 heteroatoms. The minimum atomic E-state index is -0.211. The van der Waals surface area contributed by atoms with Crippen LogP contribution in [0.2, 0.25) is 0 Å². The molecule has 0 aliphatic carbocycles. The van der Waals surface area contributed by atoms with Crippen LogP contribution in [-0.4, -0.2) is 29.2 Å². The van der Waals surface area contributed by atoms with Gasteiger partial charge >= 0.3 is 6.03 Å². The number of rotatable bonds is 3. The molecule has 6 nitrogen and oxygen atoms in total. The summed E-state index contributed by atoms with van der Waals surface area (Å²) in [5.41, 5.74) is 5.86. The van der Waals surface area contributed by atoms with E-state index >= 15 is 0 Å². The van der Waals surface area contributed by atoms with E-state index in [0.29, 0.717) is 24.7 Å². The highest BCUT2D eigenvalue weighted by Gasteiger charge is 2.25. The molecule has 4 aromatic rings. The van der Waals surface area contributed by atoms with Gasteiger partial charge in [0.15, 0.2) is 11.6 Å². The van der Waals surface area contributed by atoms with Crippen LogP contribution >= 0.6 is 11.3 Å². The maximum Gasteiger partial charge on any atom is 0.327 e. The largest absolute Gasteiger partial charge is 0.488 e. The molecule has 1 aliphatic heterocycles. The number of carbonyl (C=O) groups is 1. The summed E-state index contributed by atoms with van der Waals surface area (Å²) in [5.74, 6) is 1.18. The molecule has 29 heavy (non-hydrogen) atoms. The first kappa shape index (κ1) is 17.6. The highest BCUT2D eigenvalue weighted by molar-refractivity contribution is 7.16. The van der Waals surface area contributed by atoms with E-state index in [0.717, 1.165) is 23.2 Å². The highest BCUT2D eigenvalue weighted by Crippen LogP contribution is 2.31. The molecule has 5 rings (SSSR count). The third kappa shape index (κ3) is 3.64. The number of aromatic nitrogens is 2. The van der Waals surface area contributed by atoms with Gasteiger partial charge in [-0.2, -0.15) is 0 Å². The van der Waals surface area contributed by atoms with Crippen LogP contribution in [0.5, 0.6) is 5.75 Å². The zero-order chi connectivity index (χ0) is 19.6. The van der Waals surface area contributed by atoms with Crippen molar-refractivity contribution in [2.45, 2.75) is 6.42 Å². The van der Waals surface area contributed by atoms with Gasteiger partial charge < -0.3 is 10.1 Å². The van der Waals surface area contributed by atoms with Gasteiger partial charge in [0.2, 0.25) is 0 Å². The van der Waals surface area contributed by atoms with E-state index in [2.05, 4.69) is 27.4 Å². The minimum absolute atomic E-state index is 0.211. The number of hydrogen-bond acceptors (Lipinski definition) is 5. The van der Waals surface area contributed by atoms with Crippen molar-refractivity contribution >= 4 is 39.1 Å². The van der Waals surface area contributed by atoms with Gasteiger partial charge in [-0.25, -0.2) is 14.8 Å². The number of para-hydroxylation sites is 1. The molecule has 1 N–H and O–H groups in total. The molecule has 0 saturated carbocycles. The van der Waals surface area contributed by atoms with Crippen LogP contribution in [0.3, 0.4) is 0 Å². The number of nitrogens with zero attached hydrogens (tertiary/aromatic N) is 3. The molecule has 0 bridgehead atoms. The number of anilines is 2. The molecular weight excluding hydrogens is 384 g/mol. The highest BCUT2D eigenvalue weighted by atomic mass is 32.1. The van der Waals surface area contributed by atoms with Crippen molar-refractivity contribution in [3.8, 4) is 5.75 Å². The average molecular weight is 402 g/mol. The fraction of sp³-hybridized carbons (Fsp3) is 0.136. The molecule has 144 valence electrons. The smallest absolute Gasteiger partial charge is 0.327 e. The first-order chi connectivity index (χ1) is 14.3. The van der Waals surface area contributed by atoms with Crippen LogP contribution in [0.25, 0.3) is 10.2 Å². The molecule has 3 heterocycles. The maximum absolute atomic E-state index is 12.7. The Morgan fingerprint density at radius 1 is 1.10 bits per heavy atom. The average Bonchev–Trinajstić information content (AvgIpc) is 3.22. The molecule has 1 aliphatic rings. The van der Waals surface area contributed by atoms with Crippen LogP contribution in [0.15, 0.2) is 66.3 Å². The molecule has 2 amide bonds. The van der Waals surface area contributed by atoms with E-state index in [9.17, 15) is 4.79 Å².